The van der Waals surface area contributed by atoms with E-state index in [9.17, 15) is 21.6 Å². The van der Waals surface area contributed by atoms with E-state index in [2.05, 4.69) is 57.2 Å². The fourth-order valence-electron chi connectivity index (χ4n) is 4.52. The highest BCUT2D eigenvalue weighted by Crippen LogP contribution is 2.41. The predicted octanol–water partition coefficient (Wildman–Crippen LogP) is 6.62. The average Bonchev–Trinajstić information content (AvgIpc) is 2.70. The lowest BCUT2D eigenvalue weighted by Crippen LogP contribution is -2.43. The van der Waals surface area contributed by atoms with Crippen LogP contribution >= 0.6 is 0 Å². The van der Waals surface area contributed by atoms with E-state index in [1.165, 1.54) is 7.11 Å². The Morgan fingerprint density at radius 3 is 2.09 bits per heavy atom. The highest BCUT2D eigenvalue weighted by Gasteiger charge is 2.49. The SMILES string of the molecule is COCOc1cc(OS(=O)(=O)C(F)(F)F)c2c(C#C[Si](C(C)C)(C(C)C)C(C)C)cccc2c1. The first-order chi connectivity index (χ1) is 15.7. The van der Waals surface area contributed by atoms with Crippen LogP contribution in [0.25, 0.3) is 10.8 Å². The molecule has 0 saturated heterocycles. The first kappa shape index (κ1) is 28.0. The van der Waals surface area contributed by atoms with Gasteiger partial charge in [0.25, 0.3) is 0 Å². The van der Waals surface area contributed by atoms with Gasteiger partial charge >= 0.3 is 15.6 Å². The van der Waals surface area contributed by atoms with E-state index >= 15 is 0 Å². The van der Waals surface area contributed by atoms with Gasteiger partial charge in [-0.25, -0.2) is 0 Å². The van der Waals surface area contributed by atoms with Crippen molar-refractivity contribution in [3.63, 3.8) is 0 Å². The zero-order valence-electron chi connectivity index (χ0n) is 20.4. The summed E-state index contributed by atoms with van der Waals surface area (Å²) in [5.74, 6) is 2.79. The summed E-state index contributed by atoms with van der Waals surface area (Å²) in [5.41, 5.74) is -0.660. The van der Waals surface area contributed by atoms with Gasteiger partial charge in [0, 0.05) is 24.1 Å². The Bertz CT molecular complexity index is 1160. The topological polar surface area (TPSA) is 61.8 Å². The van der Waals surface area contributed by atoms with Crippen molar-refractivity contribution in [1.82, 2.24) is 0 Å². The summed E-state index contributed by atoms with van der Waals surface area (Å²) in [6.07, 6.45) is 0. The fraction of sp³-hybridized carbons (Fsp3) is 0.500. The largest absolute Gasteiger partial charge is 0.534 e. The van der Waals surface area contributed by atoms with Crippen molar-refractivity contribution in [1.29, 1.82) is 0 Å². The first-order valence-electron chi connectivity index (χ1n) is 10.9. The van der Waals surface area contributed by atoms with Gasteiger partial charge in [0.2, 0.25) is 0 Å². The number of alkyl halides is 3. The van der Waals surface area contributed by atoms with E-state index in [4.69, 9.17) is 9.47 Å². The van der Waals surface area contributed by atoms with Crippen LogP contribution in [0, 0.1) is 11.5 Å². The zero-order chi connectivity index (χ0) is 25.9. The van der Waals surface area contributed by atoms with Gasteiger partial charge in [-0.15, -0.1) is 5.54 Å². The molecule has 0 N–H and O–H groups in total. The molecule has 2 aromatic carbocycles. The molecule has 5 nitrogen and oxygen atoms in total. The molecule has 0 atom stereocenters. The van der Waals surface area contributed by atoms with Crippen LogP contribution in [0.1, 0.15) is 47.1 Å². The van der Waals surface area contributed by atoms with E-state index in [0.717, 1.165) is 6.07 Å². The van der Waals surface area contributed by atoms with Crippen LogP contribution in [0.4, 0.5) is 13.2 Å². The van der Waals surface area contributed by atoms with Crippen molar-refractivity contribution in [3.8, 4) is 23.0 Å². The summed E-state index contributed by atoms with van der Waals surface area (Å²) in [6, 6.07) is 7.67. The Kier molecular flexibility index (Phi) is 8.72. The normalized spacial score (nSPS) is 12.9. The van der Waals surface area contributed by atoms with Gasteiger partial charge in [-0.1, -0.05) is 59.6 Å². The smallest absolute Gasteiger partial charge is 0.467 e. The second kappa shape index (κ2) is 10.6. The minimum atomic E-state index is -5.91. The maximum absolute atomic E-state index is 13.1. The lowest BCUT2D eigenvalue weighted by atomic mass is 10.0. The number of hydrogen-bond donors (Lipinski definition) is 0. The number of benzene rings is 2. The van der Waals surface area contributed by atoms with Gasteiger partial charge in [-0.2, -0.15) is 21.6 Å². The highest BCUT2D eigenvalue weighted by molar-refractivity contribution is 7.88. The molecule has 0 aliphatic heterocycles. The van der Waals surface area contributed by atoms with Crippen LogP contribution in [0.3, 0.4) is 0 Å². The lowest BCUT2D eigenvalue weighted by molar-refractivity contribution is -0.0499. The maximum Gasteiger partial charge on any atom is 0.534 e. The summed E-state index contributed by atoms with van der Waals surface area (Å²) < 4.78 is 77.8. The quantitative estimate of drug-likeness (QED) is 0.130. The number of methoxy groups -OCH3 is 1. The summed E-state index contributed by atoms with van der Waals surface area (Å²) >= 11 is 0. The number of halogens is 3. The molecule has 0 radical (unpaired) electrons. The summed E-state index contributed by atoms with van der Waals surface area (Å²) in [6.45, 7) is 12.7. The fourth-order valence-corrected chi connectivity index (χ4v) is 10.2. The van der Waals surface area contributed by atoms with Crippen LogP contribution in [0.15, 0.2) is 30.3 Å². The van der Waals surface area contributed by atoms with Gasteiger partial charge in [0.1, 0.15) is 13.8 Å². The minimum absolute atomic E-state index is 0.0992. The monoisotopic (exact) mass is 516 g/mol. The Morgan fingerprint density at radius 2 is 1.59 bits per heavy atom. The zero-order valence-corrected chi connectivity index (χ0v) is 22.2. The van der Waals surface area contributed by atoms with Crippen LogP contribution in [0.2, 0.25) is 16.6 Å². The Balaban J connectivity index is 2.82. The van der Waals surface area contributed by atoms with Gasteiger partial charge < -0.3 is 13.7 Å². The van der Waals surface area contributed by atoms with Gasteiger partial charge in [-0.3, -0.25) is 0 Å². The third-order valence-corrected chi connectivity index (χ3v) is 13.3. The molecule has 0 aliphatic carbocycles. The van der Waals surface area contributed by atoms with Crippen molar-refractivity contribution in [2.24, 2.45) is 0 Å². The molecular weight excluding hydrogens is 485 g/mol. The molecule has 0 heterocycles. The van der Waals surface area contributed by atoms with Crippen LogP contribution in [-0.2, 0) is 14.9 Å². The summed E-state index contributed by atoms with van der Waals surface area (Å²) in [5, 5.41) is 0.602. The van der Waals surface area contributed by atoms with Crippen LogP contribution in [-0.4, -0.2) is 35.9 Å². The van der Waals surface area contributed by atoms with Crippen molar-refractivity contribution in [2.75, 3.05) is 13.9 Å². The van der Waals surface area contributed by atoms with E-state index in [-0.39, 0.29) is 17.9 Å². The molecule has 0 unspecified atom stereocenters. The maximum atomic E-state index is 13.1. The summed E-state index contributed by atoms with van der Waals surface area (Å²) in [7, 11) is -6.68. The Hall–Kier alpha value is -2.22. The number of fused-ring (bicyclic) bond motifs is 1. The van der Waals surface area contributed by atoms with E-state index in [1.54, 1.807) is 24.3 Å². The minimum Gasteiger partial charge on any atom is -0.467 e. The molecular formula is C24H31F3O5SSi. The standard InChI is InChI=1S/C24H31F3O5SSi/c1-16(2)34(17(3)4,18(5)6)12-11-19-9-8-10-20-13-21(31-15-30-7)14-22(23(19)20)32-33(28,29)24(25,26)27/h8-10,13-14,16-18H,15H2,1-7H3. The third-order valence-electron chi connectivity index (χ3n) is 6.02. The van der Waals surface area contributed by atoms with Crippen molar-refractivity contribution in [3.05, 3.63) is 35.9 Å². The molecule has 0 aliphatic rings. The Labute approximate surface area is 200 Å². The lowest BCUT2D eigenvalue weighted by Gasteiger charge is -2.38. The van der Waals surface area contributed by atoms with E-state index in [0.29, 0.717) is 27.6 Å². The molecule has 0 bridgehead atoms. The van der Waals surface area contributed by atoms with Gasteiger partial charge in [-0.05, 0) is 34.1 Å². The van der Waals surface area contributed by atoms with Crippen molar-refractivity contribution >= 4 is 29.0 Å². The molecule has 0 amide bonds. The summed E-state index contributed by atoms with van der Waals surface area (Å²) in [4.78, 5) is 0. The second-order valence-electron chi connectivity index (χ2n) is 9.01. The molecule has 2 aromatic rings. The molecule has 2 rings (SSSR count). The molecule has 0 fully saturated rings. The van der Waals surface area contributed by atoms with Crippen LogP contribution in [0.5, 0.6) is 11.5 Å². The third kappa shape index (κ3) is 5.70. The van der Waals surface area contributed by atoms with Gasteiger partial charge in [0.15, 0.2) is 12.5 Å². The number of hydrogen-bond acceptors (Lipinski definition) is 5. The van der Waals surface area contributed by atoms with Crippen molar-refractivity contribution < 1.29 is 35.2 Å². The predicted molar refractivity (Wildman–Crippen MR) is 130 cm³/mol. The molecule has 188 valence electrons. The van der Waals surface area contributed by atoms with Gasteiger partial charge in [0.05, 0.1) is 0 Å². The number of rotatable bonds is 8. The molecule has 10 heteroatoms. The van der Waals surface area contributed by atoms with E-state index in [1.807, 2.05) is 0 Å². The van der Waals surface area contributed by atoms with E-state index < -0.39 is 29.4 Å². The van der Waals surface area contributed by atoms with Crippen LogP contribution < -0.4 is 8.92 Å². The highest BCUT2D eigenvalue weighted by atomic mass is 32.2. The molecule has 34 heavy (non-hydrogen) atoms. The average molecular weight is 517 g/mol. The Morgan fingerprint density at radius 1 is 1.00 bits per heavy atom. The first-order valence-corrected chi connectivity index (χ1v) is 14.5. The molecule has 0 saturated carbocycles. The molecule has 0 spiro atoms. The molecule has 0 aromatic heterocycles. The van der Waals surface area contributed by atoms with Crippen molar-refractivity contribution in [2.45, 2.75) is 63.7 Å². The number of ether oxygens (including phenoxy) is 2. The second-order valence-corrected chi connectivity index (χ2v) is 16.1.